The fourth-order valence-electron chi connectivity index (χ4n) is 1.05. The Labute approximate surface area is 101 Å². The van der Waals surface area contributed by atoms with Gasteiger partial charge < -0.3 is 5.73 Å². The largest absolute Gasteiger partial charge is 0.382 e. The zero-order valence-corrected chi connectivity index (χ0v) is 9.55. The normalized spacial score (nSPS) is 10.6. The highest BCUT2D eigenvalue weighted by molar-refractivity contribution is 6.36. The number of nitrogens with zero attached hydrogens (tertiary/aromatic N) is 3. The van der Waals surface area contributed by atoms with Gasteiger partial charge in [-0.05, 0) is 6.07 Å². The summed E-state index contributed by atoms with van der Waals surface area (Å²) in [5, 5.41) is 5.11. The highest BCUT2D eigenvalue weighted by Gasteiger charge is 2.09. The first-order valence-corrected chi connectivity index (χ1v) is 5.03. The number of nitrogens with two attached hydrogens (primary N) is 1. The molecule has 0 fully saturated rings. The molecule has 0 aromatic carbocycles. The van der Waals surface area contributed by atoms with E-state index in [0.29, 0.717) is 20.9 Å². The van der Waals surface area contributed by atoms with Gasteiger partial charge in [-0.1, -0.05) is 34.8 Å². The molecule has 4 nitrogen and oxygen atoms in total. The van der Waals surface area contributed by atoms with Crippen molar-refractivity contribution >= 4 is 40.6 Å². The number of pyridine rings is 1. The maximum atomic E-state index is 5.94. The summed E-state index contributed by atoms with van der Waals surface area (Å²) in [6, 6.07) is 1.51. The van der Waals surface area contributed by atoms with Crippen LogP contribution in [0.25, 0.3) is 5.82 Å². The highest BCUT2D eigenvalue weighted by atomic mass is 35.5. The SMILES string of the molecule is Nc1nc(-n2cc(Cl)cn2)c(Cl)cc1Cl. The molecule has 0 saturated heterocycles. The molecule has 2 rings (SSSR count). The molecule has 15 heavy (non-hydrogen) atoms. The molecule has 0 aliphatic rings. The summed E-state index contributed by atoms with van der Waals surface area (Å²) in [5.74, 6) is 0.591. The van der Waals surface area contributed by atoms with Gasteiger partial charge in [0.2, 0.25) is 0 Å². The van der Waals surface area contributed by atoms with Gasteiger partial charge in [-0.25, -0.2) is 9.67 Å². The molecule has 0 saturated carbocycles. The molecule has 0 amide bonds. The molecule has 2 N–H and O–H groups in total. The number of anilines is 1. The van der Waals surface area contributed by atoms with Gasteiger partial charge in [0.05, 0.1) is 27.5 Å². The van der Waals surface area contributed by atoms with E-state index in [1.54, 1.807) is 6.20 Å². The van der Waals surface area contributed by atoms with Crippen molar-refractivity contribution in [2.24, 2.45) is 0 Å². The van der Waals surface area contributed by atoms with E-state index < -0.39 is 0 Å². The van der Waals surface area contributed by atoms with Crippen molar-refractivity contribution in [2.45, 2.75) is 0 Å². The van der Waals surface area contributed by atoms with Crippen LogP contribution in [-0.2, 0) is 0 Å². The zero-order chi connectivity index (χ0) is 11.0. The van der Waals surface area contributed by atoms with Crippen molar-refractivity contribution in [1.82, 2.24) is 14.8 Å². The van der Waals surface area contributed by atoms with Gasteiger partial charge in [-0.3, -0.25) is 0 Å². The van der Waals surface area contributed by atoms with Gasteiger partial charge in [0.25, 0.3) is 0 Å². The average molecular weight is 264 g/mol. The molecule has 0 unspecified atom stereocenters. The summed E-state index contributed by atoms with van der Waals surface area (Å²) >= 11 is 17.4. The molecule has 0 aliphatic carbocycles. The van der Waals surface area contributed by atoms with Crippen molar-refractivity contribution in [2.75, 3.05) is 5.73 Å². The van der Waals surface area contributed by atoms with E-state index in [4.69, 9.17) is 40.5 Å². The number of aromatic nitrogens is 3. The molecule has 0 atom stereocenters. The number of nitrogen functional groups attached to an aromatic ring is 1. The molecule has 78 valence electrons. The Hall–Kier alpha value is -0.970. The van der Waals surface area contributed by atoms with Crippen LogP contribution < -0.4 is 5.73 Å². The van der Waals surface area contributed by atoms with Crippen LogP contribution in [0.1, 0.15) is 0 Å². The van der Waals surface area contributed by atoms with Gasteiger partial charge in [0.15, 0.2) is 5.82 Å². The van der Waals surface area contributed by atoms with Gasteiger partial charge in [-0.15, -0.1) is 0 Å². The monoisotopic (exact) mass is 262 g/mol. The summed E-state index contributed by atoms with van der Waals surface area (Å²) in [6.07, 6.45) is 3.05. The molecule has 2 aromatic heterocycles. The van der Waals surface area contributed by atoms with E-state index in [-0.39, 0.29) is 5.82 Å². The Balaban J connectivity index is 2.58. The molecule has 0 bridgehead atoms. The number of hydrogen-bond donors (Lipinski definition) is 1. The standard InChI is InChI=1S/C8H5Cl3N4/c9-4-2-13-15(3-4)8-6(11)1-5(10)7(12)14-8/h1-3H,(H2,12,14). The minimum Gasteiger partial charge on any atom is -0.382 e. The maximum Gasteiger partial charge on any atom is 0.174 e. The Kier molecular flexibility index (Phi) is 2.73. The molecule has 2 aromatic rings. The number of hydrogen-bond acceptors (Lipinski definition) is 3. The lowest BCUT2D eigenvalue weighted by molar-refractivity contribution is 0.849. The summed E-state index contributed by atoms with van der Waals surface area (Å²) < 4.78 is 1.43. The molecule has 0 spiro atoms. The van der Waals surface area contributed by atoms with Crippen molar-refractivity contribution in [3.8, 4) is 5.82 Å². The van der Waals surface area contributed by atoms with Crippen molar-refractivity contribution in [3.63, 3.8) is 0 Å². The van der Waals surface area contributed by atoms with Gasteiger partial charge in [-0.2, -0.15) is 5.10 Å². The zero-order valence-electron chi connectivity index (χ0n) is 7.28. The molecular formula is C8H5Cl3N4. The van der Waals surface area contributed by atoms with Crippen LogP contribution in [-0.4, -0.2) is 14.8 Å². The molecular weight excluding hydrogens is 258 g/mol. The van der Waals surface area contributed by atoms with Crippen LogP contribution in [0, 0.1) is 0 Å². The second kappa shape index (κ2) is 3.89. The Morgan fingerprint density at radius 2 is 1.93 bits per heavy atom. The lowest BCUT2D eigenvalue weighted by Crippen LogP contribution is -2.02. The Bertz CT molecular complexity index is 509. The quantitative estimate of drug-likeness (QED) is 0.861. The fraction of sp³-hybridized carbons (Fsp3) is 0. The Morgan fingerprint density at radius 1 is 1.20 bits per heavy atom. The van der Waals surface area contributed by atoms with E-state index in [2.05, 4.69) is 10.1 Å². The topological polar surface area (TPSA) is 56.7 Å². The third kappa shape index (κ3) is 2.02. The first-order valence-electron chi connectivity index (χ1n) is 3.90. The van der Waals surface area contributed by atoms with E-state index in [1.807, 2.05) is 0 Å². The minimum atomic E-state index is 0.197. The first kappa shape index (κ1) is 10.5. The van der Waals surface area contributed by atoms with Gasteiger partial charge >= 0.3 is 0 Å². The number of halogens is 3. The van der Waals surface area contributed by atoms with Crippen molar-refractivity contribution in [3.05, 3.63) is 33.5 Å². The maximum absolute atomic E-state index is 5.94. The Morgan fingerprint density at radius 3 is 2.53 bits per heavy atom. The second-order valence-corrected chi connectivity index (χ2v) is 4.01. The molecule has 2 heterocycles. The third-order valence-electron chi connectivity index (χ3n) is 1.71. The van der Waals surface area contributed by atoms with Gasteiger partial charge in [0, 0.05) is 0 Å². The van der Waals surface area contributed by atoms with Crippen LogP contribution in [0.2, 0.25) is 15.1 Å². The van der Waals surface area contributed by atoms with E-state index >= 15 is 0 Å². The predicted molar refractivity (Wildman–Crippen MR) is 60.8 cm³/mol. The molecule has 0 aliphatic heterocycles. The lowest BCUT2D eigenvalue weighted by Gasteiger charge is -2.05. The van der Waals surface area contributed by atoms with Crippen molar-refractivity contribution < 1.29 is 0 Å². The van der Waals surface area contributed by atoms with E-state index in [0.717, 1.165) is 0 Å². The lowest BCUT2D eigenvalue weighted by atomic mass is 10.4. The van der Waals surface area contributed by atoms with Crippen LogP contribution in [0.4, 0.5) is 5.82 Å². The van der Waals surface area contributed by atoms with Crippen LogP contribution >= 0.6 is 34.8 Å². The highest BCUT2D eigenvalue weighted by Crippen LogP contribution is 2.26. The summed E-state index contributed by atoms with van der Waals surface area (Å²) in [4.78, 5) is 4.01. The van der Waals surface area contributed by atoms with Crippen molar-refractivity contribution in [1.29, 1.82) is 0 Å². The minimum absolute atomic E-state index is 0.197. The van der Waals surface area contributed by atoms with Crippen LogP contribution in [0.5, 0.6) is 0 Å². The smallest absolute Gasteiger partial charge is 0.174 e. The second-order valence-electron chi connectivity index (χ2n) is 2.76. The average Bonchev–Trinajstić information content (AvgIpc) is 2.58. The third-order valence-corrected chi connectivity index (χ3v) is 2.48. The number of rotatable bonds is 1. The first-order chi connectivity index (χ1) is 7.08. The fourth-order valence-corrected chi connectivity index (χ4v) is 1.63. The van der Waals surface area contributed by atoms with E-state index in [9.17, 15) is 0 Å². The molecule has 0 radical (unpaired) electrons. The molecule has 7 heteroatoms. The van der Waals surface area contributed by atoms with E-state index in [1.165, 1.54) is 16.9 Å². The predicted octanol–water partition coefficient (Wildman–Crippen LogP) is 2.81. The van der Waals surface area contributed by atoms with Crippen LogP contribution in [0.15, 0.2) is 18.5 Å². The van der Waals surface area contributed by atoms with Crippen LogP contribution in [0.3, 0.4) is 0 Å². The van der Waals surface area contributed by atoms with Gasteiger partial charge in [0.1, 0.15) is 5.82 Å². The summed E-state index contributed by atoms with van der Waals surface area (Å²) in [7, 11) is 0. The summed E-state index contributed by atoms with van der Waals surface area (Å²) in [6.45, 7) is 0. The summed E-state index contributed by atoms with van der Waals surface area (Å²) in [5.41, 5.74) is 5.56.